The first-order valence-electron chi connectivity index (χ1n) is 7.85. The highest BCUT2D eigenvalue weighted by atomic mass is 32.1. The number of thiazole rings is 1. The Hall–Kier alpha value is -1.96. The first-order chi connectivity index (χ1) is 11.8. The molecule has 1 aromatic carbocycles. The number of aromatic nitrogens is 1. The molecule has 1 aliphatic rings. The SMILES string of the molecule is O=C(Cc1csc(COc2ccccc2)n1)N1CCOC[C@H]1CO. The van der Waals surface area contributed by atoms with E-state index in [4.69, 9.17) is 9.47 Å². The largest absolute Gasteiger partial charge is 0.486 e. The van der Waals surface area contributed by atoms with Crippen molar-refractivity contribution in [3.8, 4) is 5.75 Å². The predicted molar refractivity (Wildman–Crippen MR) is 90.0 cm³/mol. The zero-order valence-corrected chi connectivity index (χ0v) is 14.1. The number of hydrogen-bond donors (Lipinski definition) is 1. The fraction of sp³-hybridized carbons (Fsp3) is 0.412. The zero-order valence-electron chi connectivity index (χ0n) is 13.3. The van der Waals surface area contributed by atoms with Crippen molar-refractivity contribution in [2.75, 3.05) is 26.4 Å². The minimum Gasteiger partial charge on any atom is -0.486 e. The third-order valence-electron chi connectivity index (χ3n) is 3.80. The van der Waals surface area contributed by atoms with Gasteiger partial charge in [-0.25, -0.2) is 4.98 Å². The Balaban J connectivity index is 1.54. The number of carbonyl (C=O) groups is 1. The summed E-state index contributed by atoms with van der Waals surface area (Å²) in [5, 5.41) is 12.1. The van der Waals surface area contributed by atoms with E-state index in [0.717, 1.165) is 16.5 Å². The summed E-state index contributed by atoms with van der Waals surface area (Å²) in [5.41, 5.74) is 0.736. The first-order valence-corrected chi connectivity index (χ1v) is 8.73. The van der Waals surface area contributed by atoms with E-state index in [1.54, 1.807) is 4.90 Å². The van der Waals surface area contributed by atoms with Gasteiger partial charge in [-0.05, 0) is 12.1 Å². The molecule has 128 valence electrons. The molecule has 1 aliphatic heterocycles. The van der Waals surface area contributed by atoms with Crippen LogP contribution in [0.3, 0.4) is 0 Å². The van der Waals surface area contributed by atoms with Crippen LogP contribution in [-0.2, 0) is 22.6 Å². The summed E-state index contributed by atoms with van der Waals surface area (Å²) in [5.74, 6) is 0.766. The molecule has 0 spiro atoms. The summed E-state index contributed by atoms with van der Waals surface area (Å²) < 4.78 is 11.0. The summed E-state index contributed by atoms with van der Waals surface area (Å²) in [6, 6.07) is 9.30. The lowest BCUT2D eigenvalue weighted by Gasteiger charge is -2.34. The van der Waals surface area contributed by atoms with Crippen LogP contribution in [-0.4, -0.2) is 53.3 Å². The molecule has 1 saturated heterocycles. The van der Waals surface area contributed by atoms with Crippen LogP contribution in [0.2, 0.25) is 0 Å². The fourth-order valence-corrected chi connectivity index (χ4v) is 3.25. The molecule has 1 aromatic heterocycles. The number of benzene rings is 1. The Morgan fingerprint density at radius 1 is 1.42 bits per heavy atom. The van der Waals surface area contributed by atoms with Crippen molar-refractivity contribution in [2.45, 2.75) is 19.1 Å². The molecule has 3 rings (SSSR count). The van der Waals surface area contributed by atoms with Crippen LogP contribution < -0.4 is 4.74 Å². The molecule has 0 unspecified atom stereocenters. The Morgan fingerprint density at radius 3 is 3.04 bits per heavy atom. The maximum atomic E-state index is 12.4. The number of morpholine rings is 1. The number of rotatable bonds is 6. The van der Waals surface area contributed by atoms with E-state index in [1.165, 1.54) is 11.3 Å². The maximum Gasteiger partial charge on any atom is 0.229 e. The molecule has 1 N–H and O–H groups in total. The minimum absolute atomic E-state index is 0.0295. The standard InChI is InChI=1S/C17H20N2O4S/c20-9-14-10-22-7-6-19(14)17(21)8-13-12-24-16(18-13)11-23-15-4-2-1-3-5-15/h1-5,12,14,20H,6-11H2/t14-/m1/s1. The van der Waals surface area contributed by atoms with Crippen LogP contribution in [0.4, 0.5) is 0 Å². The van der Waals surface area contributed by atoms with E-state index >= 15 is 0 Å². The third kappa shape index (κ3) is 4.31. The van der Waals surface area contributed by atoms with E-state index in [9.17, 15) is 9.90 Å². The van der Waals surface area contributed by atoms with E-state index in [-0.39, 0.29) is 25.0 Å². The van der Waals surface area contributed by atoms with E-state index in [2.05, 4.69) is 4.98 Å². The van der Waals surface area contributed by atoms with Gasteiger partial charge in [-0.1, -0.05) is 18.2 Å². The molecule has 0 saturated carbocycles. The fourth-order valence-electron chi connectivity index (χ4n) is 2.55. The molecular formula is C17H20N2O4S. The van der Waals surface area contributed by atoms with Gasteiger partial charge in [0.25, 0.3) is 0 Å². The molecule has 6 nitrogen and oxygen atoms in total. The lowest BCUT2D eigenvalue weighted by molar-refractivity contribution is -0.140. The Labute approximate surface area is 144 Å². The second-order valence-electron chi connectivity index (χ2n) is 5.51. The van der Waals surface area contributed by atoms with Gasteiger partial charge >= 0.3 is 0 Å². The van der Waals surface area contributed by atoms with Gasteiger partial charge in [-0.15, -0.1) is 11.3 Å². The molecule has 7 heteroatoms. The molecule has 1 atom stereocenters. The second kappa shape index (κ2) is 8.23. The van der Waals surface area contributed by atoms with E-state index < -0.39 is 0 Å². The van der Waals surface area contributed by atoms with Crippen LogP contribution >= 0.6 is 11.3 Å². The quantitative estimate of drug-likeness (QED) is 0.856. The smallest absolute Gasteiger partial charge is 0.229 e. The lowest BCUT2D eigenvalue weighted by Crippen LogP contribution is -2.51. The van der Waals surface area contributed by atoms with E-state index in [0.29, 0.717) is 26.4 Å². The van der Waals surface area contributed by atoms with Gasteiger partial charge in [-0.2, -0.15) is 0 Å². The van der Waals surface area contributed by atoms with Gasteiger partial charge in [-0.3, -0.25) is 4.79 Å². The second-order valence-corrected chi connectivity index (χ2v) is 6.45. The molecule has 2 aromatic rings. The van der Waals surface area contributed by atoms with Gasteiger partial charge in [0.15, 0.2) is 0 Å². The Morgan fingerprint density at radius 2 is 2.25 bits per heavy atom. The van der Waals surface area contributed by atoms with Crippen LogP contribution in [0, 0.1) is 0 Å². The van der Waals surface area contributed by atoms with Crippen LogP contribution in [0.1, 0.15) is 10.7 Å². The lowest BCUT2D eigenvalue weighted by atomic mass is 10.2. The number of para-hydroxylation sites is 1. The van der Waals surface area contributed by atoms with Gasteiger partial charge in [0.2, 0.25) is 5.91 Å². The predicted octanol–water partition coefficient (Wildman–Crippen LogP) is 1.48. The highest BCUT2D eigenvalue weighted by Gasteiger charge is 2.27. The monoisotopic (exact) mass is 348 g/mol. The van der Waals surface area contributed by atoms with E-state index in [1.807, 2.05) is 35.7 Å². The normalized spacial score (nSPS) is 17.7. The number of carbonyl (C=O) groups excluding carboxylic acids is 1. The summed E-state index contributed by atoms with van der Waals surface area (Å²) in [6.45, 7) is 1.71. The van der Waals surface area contributed by atoms with Gasteiger partial charge in [0, 0.05) is 11.9 Å². The summed E-state index contributed by atoms with van der Waals surface area (Å²) >= 11 is 1.48. The highest BCUT2D eigenvalue weighted by Crippen LogP contribution is 2.16. The molecule has 0 radical (unpaired) electrons. The van der Waals surface area contributed by atoms with Gasteiger partial charge < -0.3 is 19.5 Å². The average Bonchev–Trinajstić information content (AvgIpc) is 3.08. The third-order valence-corrected chi connectivity index (χ3v) is 4.67. The van der Waals surface area contributed by atoms with Crippen LogP contribution in [0.25, 0.3) is 0 Å². The number of nitrogens with zero attached hydrogens (tertiary/aromatic N) is 2. The van der Waals surface area contributed by atoms with Crippen molar-refractivity contribution in [2.24, 2.45) is 0 Å². The molecule has 1 amide bonds. The van der Waals surface area contributed by atoms with Crippen molar-refractivity contribution in [1.29, 1.82) is 0 Å². The van der Waals surface area contributed by atoms with Crippen molar-refractivity contribution in [1.82, 2.24) is 9.88 Å². The summed E-state index contributed by atoms with van der Waals surface area (Å²) in [6.07, 6.45) is 0.234. The molecule has 0 bridgehead atoms. The first kappa shape index (κ1) is 16.9. The number of aliphatic hydroxyl groups excluding tert-OH is 1. The average molecular weight is 348 g/mol. The maximum absolute atomic E-state index is 12.4. The van der Waals surface area contributed by atoms with Crippen molar-refractivity contribution in [3.63, 3.8) is 0 Å². The van der Waals surface area contributed by atoms with Crippen molar-refractivity contribution in [3.05, 3.63) is 46.4 Å². The molecule has 24 heavy (non-hydrogen) atoms. The molecule has 2 heterocycles. The van der Waals surface area contributed by atoms with Gasteiger partial charge in [0.05, 0.1) is 38.0 Å². The highest BCUT2D eigenvalue weighted by molar-refractivity contribution is 7.09. The van der Waals surface area contributed by atoms with Crippen LogP contribution in [0.5, 0.6) is 5.75 Å². The number of amides is 1. The van der Waals surface area contributed by atoms with Crippen LogP contribution in [0.15, 0.2) is 35.7 Å². The van der Waals surface area contributed by atoms with Crippen molar-refractivity contribution < 1.29 is 19.4 Å². The Kier molecular flexibility index (Phi) is 5.79. The molecule has 1 fully saturated rings. The summed E-state index contributed by atoms with van der Waals surface area (Å²) in [7, 11) is 0. The minimum atomic E-state index is -0.259. The number of ether oxygens (including phenoxy) is 2. The molecular weight excluding hydrogens is 328 g/mol. The van der Waals surface area contributed by atoms with Crippen molar-refractivity contribution >= 4 is 17.2 Å². The summed E-state index contributed by atoms with van der Waals surface area (Å²) in [4.78, 5) is 18.6. The zero-order chi connectivity index (χ0) is 16.8. The number of aliphatic hydroxyl groups is 1. The molecule has 0 aliphatic carbocycles. The van der Waals surface area contributed by atoms with Gasteiger partial charge in [0.1, 0.15) is 17.4 Å². The number of hydrogen-bond acceptors (Lipinski definition) is 6. The Bertz CT molecular complexity index is 662. The topological polar surface area (TPSA) is 71.9 Å².